The fourth-order valence-electron chi connectivity index (χ4n) is 2.25. The van der Waals surface area contributed by atoms with Gasteiger partial charge in [0.2, 0.25) is 6.79 Å². The van der Waals surface area contributed by atoms with Gasteiger partial charge < -0.3 is 14.8 Å². The highest BCUT2D eigenvalue weighted by atomic mass is 35.5. The van der Waals surface area contributed by atoms with Gasteiger partial charge in [0.1, 0.15) is 0 Å². The van der Waals surface area contributed by atoms with E-state index >= 15 is 0 Å². The summed E-state index contributed by atoms with van der Waals surface area (Å²) in [6.07, 6.45) is 0. The summed E-state index contributed by atoms with van der Waals surface area (Å²) in [4.78, 5) is 12.3. The fraction of sp³-hybridized carbons (Fsp3) is 0.188. The molecule has 2 aromatic rings. The van der Waals surface area contributed by atoms with Gasteiger partial charge in [0, 0.05) is 15.6 Å². The number of rotatable bonds is 3. The average Bonchev–Trinajstić information content (AvgIpc) is 2.94. The SMILES string of the molecule is C[C@@H](NC(=O)c1ccc2c(c1)OCO2)c1ccc(Cl)cc1Cl. The summed E-state index contributed by atoms with van der Waals surface area (Å²) in [7, 11) is 0. The van der Waals surface area contributed by atoms with Crippen LogP contribution in [0.3, 0.4) is 0 Å². The van der Waals surface area contributed by atoms with Gasteiger partial charge in [-0.2, -0.15) is 0 Å². The minimum atomic E-state index is -0.248. The first-order valence-electron chi connectivity index (χ1n) is 6.70. The predicted molar refractivity (Wildman–Crippen MR) is 84.9 cm³/mol. The molecule has 0 aromatic heterocycles. The Bertz CT molecular complexity index is 733. The minimum Gasteiger partial charge on any atom is -0.454 e. The zero-order valence-corrected chi connectivity index (χ0v) is 13.2. The molecule has 0 bridgehead atoms. The molecule has 1 atom stereocenters. The minimum absolute atomic E-state index is 0.178. The van der Waals surface area contributed by atoms with E-state index < -0.39 is 0 Å². The number of amides is 1. The maximum absolute atomic E-state index is 12.3. The second-order valence-electron chi connectivity index (χ2n) is 4.93. The lowest BCUT2D eigenvalue weighted by Gasteiger charge is -2.16. The van der Waals surface area contributed by atoms with Gasteiger partial charge in [-0.3, -0.25) is 4.79 Å². The zero-order valence-electron chi connectivity index (χ0n) is 11.7. The van der Waals surface area contributed by atoms with E-state index in [1.165, 1.54) is 0 Å². The Hall–Kier alpha value is -1.91. The lowest BCUT2D eigenvalue weighted by Crippen LogP contribution is -2.26. The van der Waals surface area contributed by atoms with Crippen LogP contribution >= 0.6 is 23.2 Å². The Balaban J connectivity index is 1.76. The van der Waals surface area contributed by atoms with E-state index in [0.29, 0.717) is 27.1 Å². The summed E-state index contributed by atoms with van der Waals surface area (Å²) < 4.78 is 10.5. The molecule has 0 fully saturated rings. The van der Waals surface area contributed by atoms with Gasteiger partial charge in [-0.1, -0.05) is 29.3 Å². The third-order valence-electron chi connectivity index (χ3n) is 3.41. The maximum Gasteiger partial charge on any atom is 0.251 e. The molecule has 0 spiro atoms. The van der Waals surface area contributed by atoms with Crippen LogP contribution in [0.1, 0.15) is 28.9 Å². The molecule has 1 amide bonds. The van der Waals surface area contributed by atoms with Crippen molar-refractivity contribution in [3.8, 4) is 11.5 Å². The largest absolute Gasteiger partial charge is 0.454 e. The number of carbonyl (C=O) groups excluding carboxylic acids is 1. The van der Waals surface area contributed by atoms with E-state index in [2.05, 4.69) is 5.32 Å². The second-order valence-corrected chi connectivity index (χ2v) is 5.77. The van der Waals surface area contributed by atoms with Crippen LogP contribution in [0.25, 0.3) is 0 Å². The zero-order chi connectivity index (χ0) is 15.7. The van der Waals surface area contributed by atoms with Crippen LogP contribution in [0.5, 0.6) is 11.5 Å². The Morgan fingerprint density at radius 3 is 2.68 bits per heavy atom. The number of ether oxygens (including phenoxy) is 2. The van der Waals surface area contributed by atoms with Gasteiger partial charge in [0.15, 0.2) is 11.5 Å². The first-order valence-corrected chi connectivity index (χ1v) is 7.45. The molecule has 6 heteroatoms. The van der Waals surface area contributed by atoms with Gasteiger partial charge in [-0.25, -0.2) is 0 Å². The number of benzene rings is 2. The summed E-state index contributed by atoms with van der Waals surface area (Å²) in [5.41, 5.74) is 1.31. The molecule has 1 aliphatic heterocycles. The molecular formula is C16H13Cl2NO3. The molecule has 22 heavy (non-hydrogen) atoms. The molecular weight excluding hydrogens is 325 g/mol. The molecule has 1 aliphatic rings. The predicted octanol–water partition coefficient (Wildman–Crippen LogP) is 4.21. The first kappa shape index (κ1) is 15.0. The second kappa shape index (κ2) is 6.07. The fourth-order valence-corrected chi connectivity index (χ4v) is 2.82. The monoisotopic (exact) mass is 337 g/mol. The molecule has 114 valence electrons. The van der Waals surface area contributed by atoms with Gasteiger partial charge in [0.05, 0.1) is 6.04 Å². The molecule has 2 aromatic carbocycles. The Kier molecular flexibility index (Phi) is 4.14. The van der Waals surface area contributed by atoms with Crippen molar-refractivity contribution in [3.63, 3.8) is 0 Å². The van der Waals surface area contributed by atoms with Crippen molar-refractivity contribution in [1.82, 2.24) is 5.32 Å². The molecule has 4 nitrogen and oxygen atoms in total. The van der Waals surface area contributed by atoms with E-state index in [1.807, 2.05) is 6.92 Å². The van der Waals surface area contributed by atoms with E-state index in [1.54, 1.807) is 36.4 Å². The number of halogens is 2. The molecule has 3 rings (SSSR count). The van der Waals surface area contributed by atoms with Crippen LogP contribution in [0.2, 0.25) is 10.0 Å². The summed E-state index contributed by atoms with van der Waals surface area (Å²) in [5, 5.41) is 3.98. The molecule has 0 unspecified atom stereocenters. The van der Waals surface area contributed by atoms with Gasteiger partial charge >= 0.3 is 0 Å². The van der Waals surface area contributed by atoms with Crippen molar-refractivity contribution in [2.45, 2.75) is 13.0 Å². The van der Waals surface area contributed by atoms with E-state index in [9.17, 15) is 4.79 Å². The molecule has 1 heterocycles. The van der Waals surface area contributed by atoms with Crippen molar-refractivity contribution in [1.29, 1.82) is 0 Å². The number of hydrogen-bond donors (Lipinski definition) is 1. The van der Waals surface area contributed by atoms with Crippen LogP contribution in [-0.2, 0) is 0 Å². The lowest BCUT2D eigenvalue weighted by molar-refractivity contribution is 0.0939. The quantitative estimate of drug-likeness (QED) is 0.912. The van der Waals surface area contributed by atoms with E-state index in [4.69, 9.17) is 32.7 Å². The number of nitrogens with one attached hydrogen (secondary N) is 1. The van der Waals surface area contributed by atoms with Gasteiger partial charge in [0.25, 0.3) is 5.91 Å². The normalized spacial score (nSPS) is 13.8. The van der Waals surface area contributed by atoms with Crippen LogP contribution in [0.15, 0.2) is 36.4 Å². The van der Waals surface area contributed by atoms with Crippen molar-refractivity contribution in [3.05, 3.63) is 57.6 Å². The summed E-state index contributed by atoms with van der Waals surface area (Å²) in [6, 6.07) is 10.0. The molecule has 0 radical (unpaired) electrons. The van der Waals surface area contributed by atoms with E-state index in [0.717, 1.165) is 5.56 Å². The molecule has 1 N–H and O–H groups in total. The summed E-state index contributed by atoms with van der Waals surface area (Å²) in [5.74, 6) is 1.01. The molecule has 0 saturated carbocycles. The Morgan fingerprint density at radius 1 is 1.14 bits per heavy atom. The van der Waals surface area contributed by atoms with Crippen molar-refractivity contribution < 1.29 is 14.3 Å². The Morgan fingerprint density at radius 2 is 1.91 bits per heavy atom. The third kappa shape index (κ3) is 2.98. The van der Waals surface area contributed by atoms with Gasteiger partial charge in [-0.05, 0) is 42.8 Å². The highest BCUT2D eigenvalue weighted by Crippen LogP contribution is 2.33. The third-order valence-corrected chi connectivity index (χ3v) is 3.97. The molecule has 0 saturated heterocycles. The van der Waals surface area contributed by atoms with Crippen molar-refractivity contribution >= 4 is 29.1 Å². The van der Waals surface area contributed by atoms with Crippen LogP contribution in [0.4, 0.5) is 0 Å². The smallest absolute Gasteiger partial charge is 0.251 e. The first-order chi connectivity index (χ1) is 10.5. The van der Waals surface area contributed by atoms with Gasteiger partial charge in [-0.15, -0.1) is 0 Å². The van der Waals surface area contributed by atoms with Crippen LogP contribution < -0.4 is 14.8 Å². The van der Waals surface area contributed by atoms with E-state index in [-0.39, 0.29) is 18.7 Å². The van der Waals surface area contributed by atoms with Crippen molar-refractivity contribution in [2.75, 3.05) is 6.79 Å². The molecule has 0 aliphatic carbocycles. The van der Waals surface area contributed by atoms with Crippen LogP contribution in [-0.4, -0.2) is 12.7 Å². The average molecular weight is 338 g/mol. The number of hydrogen-bond acceptors (Lipinski definition) is 3. The highest BCUT2D eigenvalue weighted by Gasteiger charge is 2.18. The van der Waals surface area contributed by atoms with Crippen LogP contribution in [0, 0.1) is 0 Å². The Labute approximate surface area is 137 Å². The van der Waals surface area contributed by atoms with Crippen molar-refractivity contribution in [2.24, 2.45) is 0 Å². The summed E-state index contributed by atoms with van der Waals surface area (Å²) in [6.45, 7) is 2.04. The maximum atomic E-state index is 12.3. The topological polar surface area (TPSA) is 47.6 Å². The lowest BCUT2D eigenvalue weighted by atomic mass is 10.1. The summed E-state index contributed by atoms with van der Waals surface area (Å²) >= 11 is 12.0. The number of carbonyl (C=O) groups is 1. The highest BCUT2D eigenvalue weighted by molar-refractivity contribution is 6.35. The number of fused-ring (bicyclic) bond motifs is 1. The standard InChI is InChI=1S/C16H13Cl2NO3/c1-9(12-4-3-11(17)7-13(12)18)19-16(20)10-2-5-14-15(6-10)22-8-21-14/h2-7,9H,8H2,1H3,(H,19,20)/t9-/m1/s1.